The van der Waals surface area contributed by atoms with Crippen molar-refractivity contribution in [1.82, 2.24) is 24.5 Å². The van der Waals surface area contributed by atoms with Gasteiger partial charge in [0.25, 0.3) is 0 Å². The van der Waals surface area contributed by atoms with Gasteiger partial charge in [0.15, 0.2) is 17.0 Å². The molecule has 0 aromatic carbocycles. The third kappa shape index (κ3) is 3.15. The van der Waals surface area contributed by atoms with Crippen LogP contribution in [0.4, 0.5) is 11.5 Å². The van der Waals surface area contributed by atoms with Gasteiger partial charge in [-0.05, 0) is 12.1 Å². The molecular formula is C20H22N8O. The Hall–Kier alpha value is -3.25. The number of rotatable bonds is 5. The van der Waals surface area contributed by atoms with Crippen LogP contribution in [0.3, 0.4) is 0 Å². The Labute approximate surface area is 168 Å². The first kappa shape index (κ1) is 17.8. The molecule has 148 valence electrons. The number of fused-ring (bicyclic) bond motifs is 2. The van der Waals surface area contributed by atoms with Crippen LogP contribution in [-0.4, -0.2) is 64.4 Å². The highest BCUT2D eigenvalue weighted by molar-refractivity contribution is 5.83. The molecule has 0 aliphatic carbocycles. The van der Waals surface area contributed by atoms with Gasteiger partial charge in [-0.3, -0.25) is 0 Å². The average molecular weight is 390 g/mol. The first-order valence-electron chi connectivity index (χ1n) is 9.77. The molecule has 0 spiro atoms. The summed E-state index contributed by atoms with van der Waals surface area (Å²) < 4.78 is 7.19. The van der Waals surface area contributed by atoms with Crippen LogP contribution in [0, 0.1) is 23.2 Å². The topological polar surface area (TPSA) is 96.0 Å². The van der Waals surface area contributed by atoms with Crippen molar-refractivity contribution in [3.63, 3.8) is 0 Å². The zero-order valence-electron chi connectivity index (χ0n) is 16.3. The van der Waals surface area contributed by atoms with Gasteiger partial charge < -0.3 is 19.1 Å². The summed E-state index contributed by atoms with van der Waals surface area (Å²) in [6.45, 7) is 5.25. The van der Waals surface area contributed by atoms with Crippen LogP contribution in [0.5, 0.6) is 0 Å². The summed E-state index contributed by atoms with van der Waals surface area (Å²) in [5.74, 6) is 2.07. The van der Waals surface area contributed by atoms with Crippen molar-refractivity contribution < 1.29 is 4.74 Å². The van der Waals surface area contributed by atoms with Crippen molar-refractivity contribution in [2.24, 2.45) is 11.8 Å². The van der Waals surface area contributed by atoms with Gasteiger partial charge in [0.05, 0.1) is 24.8 Å². The number of methoxy groups -OCH3 is 1. The molecule has 3 aromatic rings. The predicted octanol–water partition coefficient (Wildman–Crippen LogP) is 1.31. The molecule has 2 aliphatic heterocycles. The van der Waals surface area contributed by atoms with Gasteiger partial charge in [0.2, 0.25) is 0 Å². The third-order valence-electron chi connectivity index (χ3n) is 5.93. The zero-order chi connectivity index (χ0) is 19.8. The second-order valence-corrected chi connectivity index (χ2v) is 7.64. The SMILES string of the molecule is COCCn1cnc2c(N3CC4CN(c5ccc(C#N)nc5)CC4C3)ncnc21. The van der Waals surface area contributed by atoms with Gasteiger partial charge in [-0.25, -0.2) is 19.9 Å². The lowest BCUT2D eigenvalue weighted by molar-refractivity contribution is 0.188. The maximum atomic E-state index is 8.93. The minimum atomic E-state index is 0.456. The van der Waals surface area contributed by atoms with Crippen molar-refractivity contribution in [1.29, 1.82) is 5.26 Å². The summed E-state index contributed by atoms with van der Waals surface area (Å²) in [4.78, 5) is 22.5. The summed E-state index contributed by atoms with van der Waals surface area (Å²) in [6, 6.07) is 5.85. The fraction of sp³-hybridized carbons (Fsp3) is 0.450. The molecule has 0 N–H and O–H groups in total. The van der Waals surface area contributed by atoms with E-state index in [4.69, 9.17) is 10.00 Å². The Kier molecular flexibility index (Phi) is 4.48. The molecule has 2 atom stereocenters. The van der Waals surface area contributed by atoms with E-state index in [1.165, 1.54) is 0 Å². The molecule has 5 heterocycles. The second-order valence-electron chi connectivity index (χ2n) is 7.64. The van der Waals surface area contributed by atoms with Gasteiger partial charge in [-0.2, -0.15) is 5.26 Å². The number of ether oxygens (including phenoxy) is 1. The molecule has 9 nitrogen and oxygen atoms in total. The molecule has 2 aliphatic rings. The lowest BCUT2D eigenvalue weighted by Gasteiger charge is -2.23. The van der Waals surface area contributed by atoms with E-state index in [0.717, 1.165) is 55.4 Å². The number of nitriles is 1. The average Bonchev–Trinajstić information content (AvgIpc) is 3.45. The van der Waals surface area contributed by atoms with Crippen LogP contribution in [0.2, 0.25) is 0 Å². The predicted molar refractivity (Wildman–Crippen MR) is 108 cm³/mol. The van der Waals surface area contributed by atoms with Gasteiger partial charge in [-0.1, -0.05) is 0 Å². The lowest BCUT2D eigenvalue weighted by atomic mass is 10.0. The van der Waals surface area contributed by atoms with E-state index in [0.29, 0.717) is 24.1 Å². The zero-order valence-corrected chi connectivity index (χ0v) is 16.3. The molecule has 0 saturated carbocycles. The highest BCUT2D eigenvalue weighted by Crippen LogP contribution is 2.36. The van der Waals surface area contributed by atoms with Crippen molar-refractivity contribution >= 4 is 22.7 Å². The van der Waals surface area contributed by atoms with Gasteiger partial charge >= 0.3 is 0 Å². The van der Waals surface area contributed by atoms with E-state index in [9.17, 15) is 0 Å². The van der Waals surface area contributed by atoms with E-state index >= 15 is 0 Å². The van der Waals surface area contributed by atoms with Crippen LogP contribution < -0.4 is 9.80 Å². The highest BCUT2D eigenvalue weighted by Gasteiger charge is 2.41. The van der Waals surface area contributed by atoms with E-state index in [2.05, 4.69) is 35.8 Å². The second kappa shape index (κ2) is 7.29. The van der Waals surface area contributed by atoms with Crippen molar-refractivity contribution in [3.05, 3.63) is 36.7 Å². The molecule has 0 amide bonds. The minimum Gasteiger partial charge on any atom is -0.383 e. The van der Waals surface area contributed by atoms with Crippen LogP contribution >= 0.6 is 0 Å². The fourth-order valence-electron chi connectivity index (χ4n) is 4.47. The Bertz CT molecular complexity index is 1040. The number of nitrogens with zero attached hydrogens (tertiary/aromatic N) is 8. The van der Waals surface area contributed by atoms with E-state index in [1.54, 1.807) is 25.7 Å². The Morgan fingerprint density at radius 1 is 1.07 bits per heavy atom. The molecule has 3 aromatic heterocycles. The summed E-state index contributed by atoms with van der Waals surface area (Å²) in [6.07, 6.45) is 5.25. The number of hydrogen-bond donors (Lipinski definition) is 0. The van der Waals surface area contributed by atoms with Crippen molar-refractivity contribution in [2.75, 3.05) is 49.7 Å². The summed E-state index contributed by atoms with van der Waals surface area (Å²) in [5, 5.41) is 8.93. The van der Waals surface area contributed by atoms with Crippen LogP contribution in [0.15, 0.2) is 31.0 Å². The highest BCUT2D eigenvalue weighted by atomic mass is 16.5. The molecule has 2 saturated heterocycles. The summed E-state index contributed by atoms with van der Waals surface area (Å²) in [7, 11) is 1.69. The molecular weight excluding hydrogens is 368 g/mol. The Balaban J connectivity index is 1.31. The van der Waals surface area contributed by atoms with E-state index in [1.807, 2.05) is 17.0 Å². The van der Waals surface area contributed by atoms with Crippen molar-refractivity contribution in [3.8, 4) is 6.07 Å². The normalized spacial score (nSPS) is 21.0. The number of anilines is 2. The van der Waals surface area contributed by atoms with E-state index in [-0.39, 0.29) is 0 Å². The fourth-order valence-corrected chi connectivity index (χ4v) is 4.47. The maximum absolute atomic E-state index is 8.93. The standard InChI is InChI=1S/C20H22N8O/c1-29-5-4-26-13-25-18-19(26)23-12-24-20(18)28-10-14-8-27(9-15(14)11-28)17-3-2-16(6-21)22-7-17/h2-3,7,12-15H,4-5,8-11H2,1H3. The van der Waals surface area contributed by atoms with Crippen molar-refractivity contribution in [2.45, 2.75) is 6.54 Å². The van der Waals surface area contributed by atoms with Crippen LogP contribution in [0.1, 0.15) is 5.69 Å². The first-order chi connectivity index (χ1) is 14.3. The molecule has 9 heteroatoms. The molecule has 0 radical (unpaired) electrons. The Morgan fingerprint density at radius 2 is 1.86 bits per heavy atom. The number of aromatic nitrogens is 5. The van der Waals surface area contributed by atoms with Gasteiger partial charge in [-0.15, -0.1) is 0 Å². The monoisotopic (exact) mass is 390 g/mol. The lowest BCUT2D eigenvalue weighted by Crippen LogP contribution is -2.29. The Morgan fingerprint density at radius 3 is 2.55 bits per heavy atom. The number of pyridine rings is 1. The number of hydrogen-bond acceptors (Lipinski definition) is 8. The molecule has 29 heavy (non-hydrogen) atoms. The minimum absolute atomic E-state index is 0.456. The van der Waals surface area contributed by atoms with Crippen LogP contribution in [0.25, 0.3) is 11.2 Å². The number of imidazole rings is 1. The largest absolute Gasteiger partial charge is 0.383 e. The quantitative estimate of drug-likeness (QED) is 0.643. The summed E-state index contributed by atoms with van der Waals surface area (Å²) >= 11 is 0. The maximum Gasteiger partial charge on any atom is 0.165 e. The third-order valence-corrected chi connectivity index (χ3v) is 5.93. The molecule has 2 unspecified atom stereocenters. The molecule has 5 rings (SSSR count). The molecule has 0 bridgehead atoms. The van der Waals surface area contributed by atoms with E-state index < -0.39 is 0 Å². The smallest absolute Gasteiger partial charge is 0.165 e. The van der Waals surface area contributed by atoms with Crippen LogP contribution in [-0.2, 0) is 11.3 Å². The summed E-state index contributed by atoms with van der Waals surface area (Å²) in [5.41, 5.74) is 3.26. The molecule has 2 fully saturated rings. The first-order valence-corrected chi connectivity index (χ1v) is 9.77. The van der Waals surface area contributed by atoms with Gasteiger partial charge in [0, 0.05) is 51.7 Å². The van der Waals surface area contributed by atoms with Gasteiger partial charge in [0.1, 0.15) is 18.1 Å².